The molecular weight excluding hydrogens is 390 g/mol. The normalized spacial score (nSPS) is 13.9. The second-order valence-electron chi connectivity index (χ2n) is 8.18. The Balaban J connectivity index is 1.28. The van der Waals surface area contributed by atoms with Gasteiger partial charge in [0.15, 0.2) is 0 Å². The van der Waals surface area contributed by atoms with Crippen LogP contribution in [0.1, 0.15) is 53.1 Å². The van der Waals surface area contributed by atoms with Crippen LogP contribution in [-0.2, 0) is 6.61 Å². The van der Waals surface area contributed by atoms with Crippen LogP contribution >= 0.6 is 0 Å². The molecule has 31 heavy (non-hydrogen) atoms. The molecule has 1 amide bonds. The van der Waals surface area contributed by atoms with Crippen molar-refractivity contribution in [2.24, 2.45) is 5.92 Å². The summed E-state index contributed by atoms with van der Waals surface area (Å²) in [7, 11) is 0. The monoisotopic (exact) mass is 419 g/mol. The van der Waals surface area contributed by atoms with Crippen LogP contribution in [0, 0.1) is 19.8 Å². The molecule has 0 aliphatic heterocycles. The second-order valence-corrected chi connectivity index (χ2v) is 8.18. The highest BCUT2D eigenvalue weighted by molar-refractivity contribution is 6.04. The standard InChI is InChI=1S/C25H29N3O3/c1-17-24(18(2)31-28-17)16-30-23-13-7-20(8-14-23)25(29)27-22-11-9-21(10-12-22)26-15-19-5-3-4-6-19/h7-14,19,26H,3-6,15-16H2,1-2H3,(H,27,29). The van der Waals surface area contributed by atoms with Crippen molar-refractivity contribution in [1.82, 2.24) is 5.16 Å². The molecule has 0 spiro atoms. The zero-order valence-corrected chi connectivity index (χ0v) is 18.1. The Bertz CT molecular complexity index is 984. The van der Waals surface area contributed by atoms with Gasteiger partial charge >= 0.3 is 0 Å². The zero-order chi connectivity index (χ0) is 21.6. The molecule has 1 aliphatic rings. The van der Waals surface area contributed by atoms with Crippen molar-refractivity contribution in [3.63, 3.8) is 0 Å². The molecule has 0 saturated heterocycles. The minimum Gasteiger partial charge on any atom is -0.489 e. The number of ether oxygens (including phenoxy) is 1. The molecule has 3 aromatic rings. The van der Waals surface area contributed by atoms with E-state index in [0.717, 1.165) is 40.9 Å². The van der Waals surface area contributed by atoms with E-state index in [1.807, 2.05) is 38.1 Å². The SMILES string of the molecule is Cc1noc(C)c1COc1ccc(C(=O)Nc2ccc(NCC3CCCC3)cc2)cc1. The lowest BCUT2D eigenvalue weighted by Crippen LogP contribution is -2.12. The van der Waals surface area contributed by atoms with E-state index in [1.54, 1.807) is 24.3 Å². The number of aryl methyl sites for hydroxylation is 2. The fourth-order valence-electron chi connectivity index (χ4n) is 3.92. The van der Waals surface area contributed by atoms with Gasteiger partial charge in [0, 0.05) is 23.5 Å². The maximum absolute atomic E-state index is 12.6. The van der Waals surface area contributed by atoms with Crippen LogP contribution in [0.25, 0.3) is 0 Å². The van der Waals surface area contributed by atoms with Gasteiger partial charge in [-0.3, -0.25) is 4.79 Å². The molecule has 1 aromatic heterocycles. The van der Waals surface area contributed by atoms with Crippen LogP contribution in [0.5, 0.6) is 5.75 Å². The third kappa shape index (κ3) is 5.45. The van der Waals surface area contributed by atoms with Gasteiger partial charge in [-0.05, 0) is 81.1 Å². The Kier molecular flexibility index (Phi) is 6.55. The molecule has 1 heterocycles. The van der Waals surface area contributed by atoms with E-state index in [-0.39, 0.29) is 5.91 Å². The maximum Gasteiger partial charge on any atom is 0.255 e. The van der Waals surface area contributed by atoms with Crippen molar-refractivity contribution in [1.29, 1.82) is 0 Å². The van der Waals surface area contributed by atoms with Crippen LogP contribution in [0.15, 0.2) is 53.1 Å². The smallest absolute Gasteiger partial charge is 0.255 e. The molecule has 1 aliphatic carbocycles. The highest BCUT2D eigenvalue weighted by Crippen LogP contribution is 2.25. The van der Waals surface area contributed by atoms with Gasteiger partial charge in [0.1, 0.15) is 18.1 Å². The first-order valence-corrected chi connectivity index (χ1v) is 10.9. The average Bonchev–Trinajstić information content (AvgIpc) is 3.42. The number of amides is 1. The molecule has 0 unspecified atom stereocenters. The number of hydrogen-bond donors (Lipinski definition) is 2. The summed E-state index contributed by atoms with van der Waals surface area (Å²) in [6, 6.07) is 15.0. The molecule has 0 radical (unpaired) electrons. The van der Waals surface area contributed by atoms with Crippen molar-refractivity contribution < 1.29 is 14.1 Å². The number of aromatic nitrogens is 1. The molecular formula is C25H29N3O3. The average molecular weight is 420 g/mol. The quantitative estimate of drug-likeness (QED) is 0.488. The van der Waals surface area contributed by atoms with E-state index in [1.165, 1.54) is 25.7 Å². The Labute approximate surface area is 183 Å². The van der Waals surface area contributed by atoms with E-state index in [4.69, 9.17) is 9.26 Å². The summed E-state index contributed by atoms with van der Waals surface area (Å²) in [6.45, 7) is 5.16. The van der Waals surface area contributed by atoms with Gasteiger partial charge < -0.3 is 19.9 Å². The Morgan fingerprint density at radius 1 is 1.03 bits per heavy atom. The van der Waals surface area contributed by atoms with Gasteiger partial charge in [-0.2, -0.15) is 0 Å². The first-order chi connectivity index (χ1) is 15.1. The number of anilines is 2. The summed E-state index contributed by atoms with van der Waals surface area (Å²) < 4.78 is 10.9. The highest BCUT2D eigenvalue weighted by Gasteiger charge is 2.14. The second kappa shape index (κ2) is 9.69. The lowest BCUT2D eigenvalue weighted by molar-refractivity contribution is 0.102. The largest absolute Gasteiger partial charge is 0.489 e. The van der Waals surface area contributed by atoms with Crippen molar-refractivity contribution in [3.8, 4) is 5.75 Å². The molecule has 162 valence electrons. The summed E-state index contributed by atoms with van der Waals surface area (Å²) in [5.41, 5.74) is 4.21. The van der Waals surface area contributed by atoms with Crippen LogP contribution < -0.4 is 15.4 Å². The van der Waals surface area contributed by atoms with Crippen molar-refractivity contribution in [3.05, 3.63) is 71.1 Å². The molecule has 1 saturated carbocycles. The van der Waals surface area contributed by atoms with Gasteiger partial charge in [-0.15, -0.1) is 0 Å². The third-order valence-corrected chi connectivity index (χ3v) is 5.89. The first kappa shape index (κ1) is 21.0. The molecule has 1 fully saturated rings. The summed E-state index contributed by atoms with van der Waals surface area (Å²) in [4.78, 5) is 12.6. The fourth-order valence-corrected chi connectivity index (χ4v) is 3.92. The van der Waals surface area contributed by atoms with Crippen LogP contribution in [0.4, 0.5) is 11.4 Å². The number of carbonyl (C=O) groups excluding carboxylic acids is 1. The summed E-state index contributed by atoms with van der Waals surface area (Å²) >= 11 is 0. The van der Waals surface area contributed by atoms with Crippen molar-refractivity contribution >= 4 is 17.3 Å². The molecule has 2 N–H and O–H groups in total. The minimum absolute atomic E-state index is 0.149. The van der Waals surface area contributed by atoms with Gasteiger partial charge in [-0.1, -0.05) is 18.0 Å². The topological polar surface area (TPSA) is 76.4 Å². The van der Waals surface area contributed by atoms with E-state index < -0.39 is 0 Å². The van der Waals surface area contributed by atoms with Crippen molar-refractivity contribution in [2.45, 2.75) is 46.1 Å². The zero-order valence-electron chi connectivity index (χ0n) is 18.1. The third-order valence-electron chi connectivity index (χ3n) is 5.89. The van der Waals surface area contributed by atoms with Crippen LogP contribution in [-0.4, -0.2) is 17.6 Å². The van der Waals surface area contributed by atoms with E-state index >= 15 is 0 Å². The van der Waals surface area contributed by atoms with Crippen LogP contribution in [0.2, 0.25) is 0 Å². The molecule has 2 aromatic carbocycles. The lowest BCUT2D eigenvalue weighted by atomic mass is 10.1. The number of hydrogen-bond acceptors (Lipinski definition) is 5. The predicted molar refractivity (Wildman–Crippen MR) is 122 cm³/mol. The Morgan fingerprint density at radius 3 is 2.35 bits per heavy atom. The Hall–Kier alpha value is -3.28. The lowest BCUT2D eigenvalue weighted by Gasteiger charge is -2.12. The number of carbonyl (C=O) groups is 1. The number of rotatable bonds is 8. The number of nitrogens with zero attached hydrogens (tertiary/aromatic N) is 1. The summed E-state index contributed by atoms with van der Waals surface area (Å²) in [5, 5.41) is 10.4. The first-order valence-electron chi connectivity index (χ1n) is 10.9. The van der Waals surface area contributed by atoms with Gasteiger partial charge in [-0.25, -0.2) is 0 Å². The summed E-state index contributed by atoms with van der Waals surface area (Å²) in [5.74, 6) is 2.09. The van der Waals surface area contributed by atoms with Crippen molar-refractivity contribution in [2.75, 3.05) is 17.2 Å². The summed E-state index contributed by atoms with van der Waals surface area (Å²) in [6.07, 6.45) is 5.35. The van der Waals surface area contributed by atoms with Gasteiger partial charge in [0.25, 0.3) is 5.91 Å². The molecule has 4 rings (SSSR count). The predicted octanol–water partition coefficient (Wildman–Crippen LogP) is 5.72. The molecule has 6 heteroatoms. The highest BCUT2D eigenvalue weighted by atomic mass is 16.5. The Morgan fingerprint density at radius 2 is 1.71 bits per heavy atom. The van der Waals surface area contributed by atoms with E-state index in [9.17, 15) is 4.79 Å². The number of benzene rings is 2. The van der Waals surface area contributed by atoms with Gasteiger partial charge in [0.05, 0.1) is 11.3 Å². The van der Waals surface area contributed by atoms with E-state index in [0.29, 0.717) is 17.9 Å². The molecule has 6 nitrogen and oxygen atoms in total. The fraction of sp³-hybridized carbons (Fsp3) is 0.360. The maximum atomic E-state index is 12.6. The van der Waals surface area contributed by atoms with E-state index in [2.05, 4.69) is 15.8 Å². The van der Waals surface area contributed by atoms with Gasteiger partial charge in [0.2, 0.25) is 0 Å². The minimum atomic E-state index is -0.149. The molecule has 0 bridgehead atoms. The van der Waals surface area contributed by atoms with Crippen LogP contribution in [0.3, 0.4) is 0 Å². The molecule has 0 atom stereocenters. The number of nitrogens with one attached hydrogen (secondary N) is 2.